The molecule has 0 atom stereocenters. The van der Waals surface area contributed by atoms with Gasteiger partial charge in [0.15, 0.2) is 21.7 Å². The van der Waals surface area contributed by atoms with Crippen molar-refractivity contribution in [3.63, 3.8) is 0 Å². The van der Waals surface area contributed by atoms with Crippen molar-refractivity contribution < 1.29 is 97.1 Å². The molecule has 0 saturated carbocycles. The summed E-state index contributed by atoms with van der Waals surface area (Å²) in [6.45, 7) is 3.79. The van der Waals surface area contributed by atoms with Gasteiger partial charge in [0.05, 0.1) is 13.2 Å². The fourth-order valence-corrected chi connectivity index (χ4v) is 4.83. The molecule has 0 radical (unpaired) electrons. The molecule has 1 rings (SSSR count). The molecule has 1 heterocycles. The van der Waals surface area contributed by atoms with Crippen LogP contribution in [0.4, 0.5) is 74.6 Å². The van der Waals surface area contributed by atoms with E-state index in [4.69, 9.17) is 4.74 Å². The van der Waals surface area contributed by atoms with Gasteiger partial charge in [-0.25, -0.2) is 8.42 Å². The van der Waals surface area contributed by atoms with Crippen LogP contribution in [0.25, 0.3) is 0 Å². The molecule has 0 aromatic carbocycles. The SMILES string of the molecule is CCCC(=O)C[S+]1CCOCC1.O=S(=O)([O-])C(F)(F)C(F)(F)C(F)(F)C(F)(F)C(F)(F)C(F)(F)C(F)(F)C(F)(F)F. The Morgan fingerprint density at radius 2 is 1.02 bits per heavy atom. The highest BCUT2D eigenvalue weighted by molar-refractivity contribution is 7.97. The van der Waals surface area contributed by atoms with Gasteiger partial charge in [-0.1, -0.05) is 6.92 Å². The molecular formula is C17H17F17O5S2. The number of hydrogen-bond acceptors (Lipinski definition) is 5. The molecule has 1 fully saturated rings. The summed E-state index contributed by atoms with van der Waals surface area (Å²) in [4.78, 5) is 11.3. The first-order valence-electron chi connectivity index (χ1n) is 10.2. The normalized spacial score (nSPS) is 17.6. The lowest BCUT2D eigenvalue weighted by Crippen LogP contribution is -2.75. The average molecular weight is 688 g/mol. The zero-order valence-electron chi connectivity index (χ0n) is 19.7. The molecule has 0 bridgehead atoms. The Labute approximate surface area is 221 Å². The van der Waals surface area contributed by atoms with Gasteiger partial charge in [0.2, 0.25) is 0 Å². The highest BCUT2D eigenvalue weighted by Crippen LogP contribution is 2.64. The van der Waals surface area contributed by atoms with E-state index in [0.29, 0.717) is 16.7 Å². The smallest absolute Gasteiger partial charge is 0.460 e. The van der Waals surface area contributed by atoms with Gasteiger partial charge in [0.25, 0.3) is 0 Å². The van der Waals surface area contributed by atoms with Crippen LogP contribution in [-0.4, -0.2) is 96.2 Å². The van der Waals surface area contributed by atoms with Gasteiger partial charge in [0.1, 0.15) is 11.5 Å². The molecule has 0 aromatic heterocycles. The standard InChI is InChI=1S/C9H17O2S.C8HF17O3S/c1-2-3-9(10)8-12-6-4-11-5-7-12;9-1(10,3(13,14)5(17,18)7(21,22)23)2(11,12)4(15,16)6(19,20)8(24,25)29(26,27)28/h2-8H2,1H3;(H,26,27,28)/q+1;/p-1. The predicted molar refractivity (Wildman–Crippen MR) is 103 cm³/mol. The number of hydrogen-bond donors (Lipinski definition) is 0. The van der Waals surface area contributed by atoms with Crippen LogP contribution in [0.1, 0.15) is 19.8 Å². The topological polar surface area (TPSA) is 83.5 Å². The molecule has 1 saturated heterocycles. The largest absolute Gasteiger partial charge is 0.743 e. The van der Waals surface area contributed by atoms with Crippen LogP contribution in [-0.2, 0) is 30.5 Å². The molecule has 24 heteroatoms. The fraction of sp³-hybridized carbons (Fsp3) is 0.941. The molecule has 246 valence electrons. The molecule has 41 heavy (non-hydrogen) atoms. The van der Waals surface area contributed by atoms with Crippen molar-refractivity contribution in [2.75, 3.05) is 30.5 Å². The van der Waals surface area contributed by atoms with Crippen LogP contribution in [0.15, 0.2) is 0 Å². The van der Waals surface area contributed by atoms with E-state index < -0.39 is 57.1 Å². The Kier molecular flexibility index (Phi) is 12.0. The Morgan fingerprint density at radius 3 is 1.34 bits per heavy atom. The minimum absolute atomic E-state index is 0.349. The van der Waals surface area contributed by atoms with Crippen molar-refractivity contribution in [2.45, 2.75) is 66.7 Å². The van der Waals surface area contributed by atoms with Gasteiger partial charge in [-0.05, 0) is 17.3 Å². The molecule has 0 spiro atoms. The van der Waals surface area contributed by atoms with E-state index in [1.165, 1.54) is 0 Å². The highest BCUT2D eigenvalue weighted by atomic mass is 32.2. The van der Waals surface area contributed by atoms with Crippen LogP contribution in [0.2, 0.25) is 0 Å². The summed E-state index contributed by atoms with van der Waals surface area (Å²) in [5, 5.41) is -7.95. The third-order valence-corrected chi connectivity index (χ3v) is 8.04. The highest BCUT2D eigenvalue weighted by Gasteiger charge is 2.95. The quantitative estimate of drug-likeness (QED) is 0.163. The first-order valence-corrected chi connectivity index (χ1v) is 13.4. The Hall–Kier alpha value is -1.30. The average Bonchev–Trinajstić information content (AvgIpc) is 2.78. The van der Waals surface area contributed by atoms with Gasteiger partial charge >= 0.3 is 47.0 Å². The van der Waals surface area contributed by atoms with E-state index in [1.54, 1.807) is 0 Å². The lowest BCUT2D eigenvalue weighted by Gasteiger charge is -2.42. The van der Waals surface area contributed by atoms with E-state index in [1.807, 2.05) is 0 Å². The van der Waals surface area contributed by atoms with Gasteiger partial charge in [-0.3, -0.25) is 4.79 Å². The fourth-order valence-electron chi connectivity index (χ4n) is 2.59. The summed E-state index contributed by atoms with van der Waals surface area (Å²) in [6.07, 6.45) is -6.13. The molecule has 1 aliphatic heterocycles. The van der Waals surface area contributed by atoms with Crippen molar-refractivity contribution in [2.24, 2.45) is 0 Å². The van der Waals surface area contributed by atoms with Gasteiger partial charge in [0, 0.05) is 6.42 Å². The Bertz CT molecular complexity index is 1010. The number of ketones is 1. The first-order chi connectivity index (χ1) is 17.8. The van der Waals surface area contributed by atoms with Crippen LogP contribution in [0.3, 0.4) is 0 Å². The molecule has 0 unspecified atom stereocenters. The monoisotopic (exact) mass is 688 g/mol. The third-order valence-electron chi connectivity index (χ3n) is 4.93. The molecule has 0 aromatic rings. The minimum Gasteiger partial charge on any atom is -0.743 e. The lowest BCUT2D eigenvalue weighted by molar-refractivity contribution is -0.458. The van der Waals surface area contributed by atoms with Gasteiger partial charge < -0.3 is 9.29 Å². The zero-order valence-corrected chi connectivity index (χ0v) is 21.4. The maximum absolute atomic E-state index is 13.0. The van der Waals surface area contributed by atoms with Gasteiger partial charge in [-0.15, -0.1) is 0 Å². The van der Waals surface area contributed by atoms with E-state index in [0.717, 1.165) is 43.3 Å². The Balaban J connectivity index is 0.00000110. The maximum atomic E-state index is 13.0. The third kappa shape index (κ3) is 7.10. The van der Waals surface area contributed by atoms with Crippen LogP contribution >= 0.6 is 0 Å². The number of Topliss-reactive ketones (excluding diaryl/α,β-unsaturated/α-hetero) is 1. The van der Waals surface area contributed by atoms with E-state index >= 15 is 0 Å². The minimum atomic E-state index is -8.92. The number of alkyl halides is 17. The summed E-state index contributed by atoms with van der Waals surface area (Å²) < 4.78 is 249. The second-order valence-electron chi connectivity index (χ2n) is 7.98. The van der Waals surface area contributed by atoms with Crippen molar-refractivity contribution >= 4 is 26.8 Å². The molecule has 1 aliphatic rings. The summed E-state index contributed by atoms with van der Waals surface area (Å²) in [6, 6.07) is 0. The van der Waals surface area contributed by atoms with E-state index in [9.17, 15) is 92.4 Å². The number of halogens is 17. The summed E-state index contributed by atoms with van der Waals surface area (Å²) in [5.41, 5.74) is 0. The summed E-state index contributed by atoms with van der Waals surface area (Å²) >= 11 is 0. The molecule has 0 aliphatic carbocycles. The maximum Gasteiger partial charge on any atom is 0.460 e. The number of rotatable bonds is 11. The molecule has 0 N–H and O–H groups in total. The first kappa shape index (κ1) is 39.7. The lowest BCUT2D eigenvalue weighted by atomic mass is 9.91. The second kappa shape index (κ2) is 12.4. The number of carbonyl (C=O) groups is 1. The van der Waals surface area contributed by atoms with Crippen molar-refractivity contribution in [3.05, 3.63) is 0 Å². The Morgan fingerprint density at radius 1 is 0.683 bits per heavy atom. The van der Waals surface area contributed by atoms with E-state index in [2.05, 4.69) is 6.92 Å². The van der Waals surface area contributed by atoms with Crippen molar-refractivity contribution in [3.8, 4) is 0 Å². The summed E-state index contributed by atoms with van der Waals surface area (Å²) in [7, 11) is -7.79. The second-order valence-corrected chi connectivity index (χ2v) is 11.7. The molecule has 0 amide bonds. The van der Waals surface area contributed by atoms with Crippen LogP contribution < -0.4 is 0 Å². The zero-order chi connectivity index (χ0) is 33.3. The summed E-state index contributed by atoms with van der Waals surface area (Å²) in [5.74, 6) is -48.7. The van der Waals surface area contributed by atoms with Crippen molar-refractivity contribution in [1.29, 1.82) is 0 Å². The van der Waals surface area contributed by atoms with Gasteiger partial charge in [-0.2, -0.15) is 74.6 Å². The van der Waals surface area contributed by atoms with Crippen molar-refractivity contribution in [1.82, 2.24) is 0 Å². The molecular weight excluding hydrogens is 671 g/mol. The van der Waals surface area contributed by atoms with E-state index in [-0.39, 0.29) is 0 Å². The predicted octanol–water partition coefficient (Wildman–Crippen LogP) is 5.50. The number of carbonyl (C=O) groups excluding carboxylic acids is 1. The number of ether oxygens (including phenoxy) is 1. The van der Waals surface area contributed by atoms with Crippen LogP contribution in [0, 0.1) is 0 Å². The molecule has 5 nitrogen and oxygen atoms in total. The van der Waals surface area contributed by atoms with Crippen LogP contribution in [0.5, 0.6) is 0 Å².